The van der Waals surface area contributed by atoms with Gasteiger partial charge in [-0.3, -0.25) is 9.97 Å². The molecule has 250 valence electrons. The molecule has 4 heterocycles. The lowest BCUT2D eigenvalue weighted by Gasteiger charge is -2.15. The highest BCUT2D eigenvalue weighted by Crippen LogP contribution is 2.46. The number of hydrogen-bond donors (Lipinski definition) is 0. The number of fused-ring (bicyclic) bond motifs is 8. The minimum absolute atomic E-state index is 1.10. The van der Waals surface area contributed by atoms with Gasteiger partial charge in [0.2, 0.25) is 0 Å². The molecule has 0 aliphatic rings. The summed E-state index contributed by atoms with van der Waals surface area (Å²) < 4.78 is 4.76. The standard InChI is InChI=1S/C50H30N4/c1-3-7-31(8-4-1)33-11-17-37(18-12-33)53-43-27-35-15-22-42-48-36(16-21-41(47(35)48)49(43)39-23-25-51-29-45(39)53)28-44-50(42)40-24-26-52-30-46(40)54(44)38-19-13-34(14-20-38)32-9-5-2-6-10-32/h1-30H. The second-order valence-electron chi connectivity index (χ2n) is 14.2. The van der Waals surface area contributed by atoms with Crippen LogP contribution in [0.15, 0.2) is 183 Å². The lowest BCUT2D eigenvalue weighted by molar-refractivity contribution is 1.17. The van der Waals surface area contributed by atoms with Gasteiger partial charge in [-0.25, -0.2) is 0 Å². The fraction of sp³-hybridized carbons (Fsp3) is 0. The zero-order valence-corrected chi connectivity index (χ0v) is 29.1. The van der Waals surface area contributed by atoms with Crippen molar-refractivity contribution in [2.45, 2.75) is 0 Å². The van der Waals surface area contributed by atoms with E-state index in [-0.39, 0.29) is 0 Å². The van der Waals surface area contributed by atoms with Crippen molar-refractivity contribution in [2.75, 3.05) is 0 Å². The zero-order valence-electron chi connectivity index (χ0n) is 29.1. The summed E-state index contributed by atoms with van der Waals surface area (Å²) in [4.78, 5) is 9.22. The molecule has 4 aromatic heterocycles. The van der Waals surface area contributed by atoms with Gasteiger partial charge in [0.15, 0.2) is 0 Å². The molecule has 0 unspecified atom stereocenters. The van der Waals surface area contributed by atoms with Crippen LogP contribution in [-0.4, -0.2) is 19.1 Å². The second-order valence-corrected chi connectivity index (χ2v) is 14.2. The Morgan fingerprint density at radius 1 is 0.315 bits per heavy atom. The summed E-state index contributed by atoms with van der Waals surface area (Å²) in [5, 5.41) is 12.5. The fourth-order valence-corrected chi connectivity index (χ4v) is 9.07. The maximum absolute atomic E-state index is 4.61. The molecule has 8 aromatic carbocycles. The number of pyridine rings is 2. The van der Waals surface area contributed by atoms with Crippen molar-refractivity contribution >= 4 is 75.9 Å². The van der Waals surface area contributed by atoms with E-state index < -0.39 is 0 Å². The molecule has 0 fully saturated rings. The number of aromatic nitrogens is 4. The molecule has 0 bridgehead atoms. The largest absolute Gasteiger partial charge is 0.308 e. The van der Waals surface area contributed by atoms with E-state index >= 15 is 0 Å². The van der Waals surface area contributed by atoms with Crippen LogP contribution < -0.4 is 0 Å². The lowest BCUT2D eigenvalue weighted by atomic mass is 9.90. The first-order chi connectivity index (χ1) is 26.8. The van der Waals surface area contributed by atoms with Crippen molar-refractivity contribution < 1.29 is 0 Å². The summed E-state index contributed by atoms with van der Waals surface area (Å²) in [6, 6.07) is 57.3. The van der Waals surface area contributed by atoms with Crippen molar-refractivity contribution in [3.05, 3.63) is 183 Å². The van der Waals surface area contributed by atoms with E-state index in [0.29, 0.717) is 0 Å². The van der Waals surface area contributed by atoms with Crippen LogP contribution in [0, 0.1) is 0 Å². The minimum atomic E-state index is 1.10. The first-order valence-electron chi connectivity index (χ1n) is 18.4. The molecule has 4 heteroatoms. The van der Waals surface area contributed by atoms with Crippen LogP contribution in [0.1, 0.15) is 0 Å². The Bertz CT molecular complexity index is 3160. The van der Waals surface area contributed by atoms with Crippen LogP contribution in [0.5, 0.6) is 0 Å². The van der Waals surface area contributed by atoms with Gasteiger partial charge in [0.25, 0.3) is 0 Å². The Balaban J connectivity index is 1.11. The summed E-state index contributed by atoms with van der Waals surface area (Å²) in [5.41, 5.74) is 11.6. The number of rotatable bonds is 4. The van der Waals surface area contributed by atoms with Crippen LogP contribution in [-0.2, 0) is 0 Å². The van der Waals surface area contributed by atoms with Crippen LogP contribution in [0.3, 0.4) is 0 Å². The smallest absolute Gasteiger partial charge is 0.0724 e. The van der Waals surface area contributed by atoms with E-state index in [9.17, 15) is 0 Å². The highest BCUT2D eigenvalue weighted by molar-refractivity contribution is 6.37. The summed E-state index contributed by atoms with van der Waals surface area (Å²) in [6.07, 6.45) is 7.85. The average Bonchev–Trinajstić information content (AvgIpc) is 3.76. The molecule has 0 N–H and O–H groups in total. The van der Waals surface area contributed by atoms with E-state index in [1.165, 1.54) is 87.1 Å². The molecular formula is C50H30N4. The third-order valence-corrected chi connectivity index (χ3v) is 11.4. The van der Waals surface area contributed by atoms with E-state index in [2.05, 4.69) is 177 Å². The molecule has 4 nitrogen and oxygen atoms in total. The summed E-state index contributed by atoms with van der Waals surface area (Å²) >= 11 is 0. The van der Waals surface area contributed by atoms with Crippen molar-refractivity contribution in [1.29, 1.82) is 0 Å². The van der Waals surface area contributed by atoms with Gasteiger partial charge in [-0.05, 0) is 103 Å². The first-order valence-corrected chi connectivity index (χ1v) is 18.4. The molecule has 54 heavy (non-hydrogen) atoms. The van der Waals surface area contributed by atoms with Gasteiger partial charge in [-0.2, -0.15) is 0 Å². The monoisotopic (exact) mass is 686 g/mol. The molecule has 12 aromatic rings. The molecule has 0 aliphatic heterocycles. The normalized spacial score (nSPS) is 12.1. The van der Waals surface area contributed by atoms with Crippen molar-refractivity contribution in [3.63, 3.8) is 0 Å². The van der Waals surface area contributed by atoms with Gasteiger partial charge >= 0.3 is 0 Å². The average molecular weight is 687 g/mol. The first kappa shape index (κ1) is 29.3. The van der Waals surface area contributed by atoms with E-state index in [1.54, 1.807) is 0 Å². The molecule has 0 spiro atoms. The lowest BCUT2D eigenvalue weighted by Crippen LogP contribution is -1.95. The molecule has 0 radical (unpaired) electrons. The van der Waals surface area contributed by atoms with Crippen molar-refractivity contribution in [1.82, 2.24) is 19.1 Å². The van der Waals surface area contributed by atoms with Crippen LogP contribution in [0.2, 0.25) is 0 Å². The van der Waals surface area contributed by atoms with Crippen LogP contribution in [0.4, 0.5) is 0 Å². The number of hydrogen-bond acceptors (Lipinski definition) is 2. The van der Waals surface area contributed by atoms with E-state index in [0.717, 1.165) is 22.4 Å². The number of nitrogens with zero attached hydrogens (tertiary/aromatic N) is 4. The van der Waals surface area contributed by atoms with Gasteiger partial charge in [0.05, 0.1) is 34.5 Å². The summed E-state index contributed by atoms with van der Waals surface area (Å²) in [6.45, 7) is 0. The highest BCUT2D eigenvalue weighted by atomic mass is 15.0. The molecular weight excluding hydrogens is 657 g/mol. The van der Waals surface area contributed by atoms with Gasteiger partial charge in [-0.15, -0.1) is 0 Å². The molecule has 0 atom stereocenters. The fourth-order valence-electron chi connectivity index (χ4n) is 9.07. The second kappa shape index (κ2) is 11.1. The van der Waals surface area contributed by atoms with Gasteiger partial charge < -0.3 is 9.13 Å². The van der Waals surface area contributed by atoms with Crippen LogP contribution >= 0.6 is 0 Å². The van der Waals surface area contributed by atoms with Gasteiger partial charge in [0, 0.05) is 45.3 Å². The van der Waals surface area contributed by atoms with Crippen molar-refractivity contribution in [3.8, 4) is 33.6 Å². The predicted molar refractivity (Wildman–Crippen MR) is 225 cm³/mol. The Morgan fingerprint density at radius 2 is 0.722 bits per heavy atom. The van der Waals surface area contributed by atoms with Crippen molar-refractivity contribution in [2.24, 2.45) is 0 Å². The maximum atomic E-state index is 4.61. The third kappa shape index (κ3) is 4.08. The SMILES string of the molecule is c1ccc(-c2ccc(-n3c4cnccc4c4c5ccc6cc7c(c8ccc(cc43)c5c68)c3ccncc3n7-c3ccc(-c4ccccc4)cc3)cc2)cc1. The van der Waals surface area contributed by atoms with Gasteiger partial charge in [0.1, 0.15) is 0 Å². The topological polar surface area (TPSA) is 35.6 Å². The third-order valence-electron chi connectivity index (χ3n) is 11.4. The van der Waals surface area contributed by atoms with Gasteiger partial charge in [-0.1, -0.05) is 109 Å². The molecule has 0 aliphatic carbocycles. The quantitative estimate of drug-likeness (QED) is 0.173. The van der Waals surface area contributed by atoms with E-state index in [1.807, 2.05) is 24.8 Å². The Hall–Kier alpha value is -7.30. The van der Waals surface area contributed by atoms with Crippen LogP contribution in [0.25, 0.3) is 110 Å². The number of benzene rings is 8. The summed E-state index contributed by atoms with van der Waals surface area (Å²) in [7, 11) is 0. The highest BCUT2D eigenvalue weighted by Gasteiger charge is 2.22. The molecule has 0 amide bonds. The molecule has 12 rings (SSSR count). The molecule has 0 saturated heterocycles. The van der Waals surface area contributed by atoms with E-state index in [4.69, 9.17) is 0 Å². The Kier molecular flexibility index (Phi) is 6.02. The minimum Gasteiger partial charge on any atom is -0.308 e. The predicted octanol–water partition coefficient (Wildman–Crippen LogP) is 12.9. The maximum Gasteiger partial charge on any atom is 0.0724 e. The Labute approximate surface area is 310 Å². The zero-order chi connectivity index (χ0) is 35.3. The molecule has 0 saturated carbocycles. The Morgan fingerprint density at radius 3 is 1.15 bits per heavy atom. The summed E-state index contributed by atoms with van der Waals surface area (Å²) in [5.74, 6) is 0.